The second-order valence-electron chi connectivity index (χ2n) is 5.90. The molecule has 0 radical (unpaired) electrons. The van der Waals surface area contributed by atoms with Gasteiger partial charge in [0, 0.05) is 6.07 Å². The highest BCUT2D eigenvalue weighted by atomic mass is 32.1. The molecule has 122 valence electrons. The molecule has 0 aliphatic heterocycles. The minimum absolute atomic E-state index is 0.234. The molecule has 24 heavy (non-hydrogen) atoms. The first-order chi connectivity index (χ1) is 11.6. The van der Waals surface area contributed by atoms with E-state index in [-0.39, 0.29) is 11.5 Å². The van der Waals surface area contributed by atoms with Crippen molar-refractivity contribution in [2.45, 2.75) is 32.2 Å². The Morgan fingerprint density at radius 2 is 2.17 bits per heavy atom. The molecule has 1 unspecified atom stereocenters. The van der Waals surface area contributed by atoms with Gasteiger partial charge in [0.25, 0.3) is 11.5 Å². The molecule has 4 rings (SSSR count). The number of hydrogen-bond donors (Lipinski definition) is 1. The third-order valence-electron chi connectivity index (χ3n) is 4.25. The normalized spacial score (nSPS) is 14.5. The van der Waals surface area contributed by atoms with Gasteiger partial charge in [-0.05, 0) is 43.9 Å². The van der Waals surface area contributed by atoms with Crippen LogP contribution >= 0.6 is 11.3 Å². The lowest BCUT2D eigenvalue weighted by Gasteiger charge is -2.14. The Morgan fingerprint density at radius 1 is 1.33 bits per heavy atom. The van der Waals surface area contributed by atoms with Crippen LogP contribution in [0, 0.1) is 0 Å². The Kier molecular flexibility index (Phi) is 3.65. The van der Waals surface area contributed by atoms with Crippen molar-refractivity contribution >= 4 is 32.6 Å². The van der Waals surface area contributed by atoms with E-state index in [0.717, 1.165) is 40.7 Å². The number of benzene rings is 1. The van der Waals surface area contributed by atoms with Crippen molar-refractivity contribution in [3.8, 4) is 0 Å². The van der Waals surface area contributed by atoms with Crippen LogP contribution in [0.25, 0.3) is 10.2 Å². The predicted octanol–water partition coefficient (Wildman–Crippen LogP) is 2.54. The highest BCUT2D eigenvalue weighted by Gasteiger charge is 2.22. The van der Waals surface area contributed by atoms with Gasteiger partial charge in [0.1, 0.15) is 6.04 Å². The minimum atomic E-state index is -0.685. The molecular weight excluding hydrogens is 324 g/mol. The van der Waals surface area contributed by atoms with E-state index in [1.165, 1.54) is 16.0 Å². The predicted molar refractivity (Wildman–Crippen MR) is 93.5 cm³/mol. The number of rotatable bonds is 3. The van der Waals surface area contributed by atoms with Crippen LogP contribution < -0.4 is 10.9 Å². The number of nitrogens with one attached hydrogen (secondary N) is 1. The molecule has 2 aromatic heterocycles. The molecule has 0 saturated carbocycles. The summed E-state index contributed by atoms with van der Waals surface area (Å²) in [6.45, 7) is 1.68. The molecule has 1 aliphatic rings. The molecule has 0 saturated heterocycles. The monoisotopic (exact) mass is 340 g/mol. The highest BCUT2D eigenvalue weighted by molar-refractivity contribution is 7.22. The minimum Gasteiger partial charge on any atom is -0.300 e. The van der Waals surface area contributed by atoms with E-state index in [4.69, 9.17) is 0 Å². The second-order valence-corrected chi connectivity index (χ2v) is 6.94. The van der Waals surface area contributed by atoms with E-state index in [1.54, 1.807) is 13.0 Å². The lowest BCUT2D eigenvalue weighted by molar-refractivity contribution is -0.119. The van der Waals surface area contributed by atoms with E-state index in [1.807, 2.05) is 24.3 Å². The Hall–Kier alpha value is -2.54. The smallest absolute Gasteiger partial charge is 0.267 e. The lowest BCUT2D eigenvalue weighted by Crippen LogP contribution is -2.33. The molecule has 1 aromatic carbocycles. The topological polar surface area (TPSA) is 76.9 Å². The van der Waals surface area contributed by atoms with Crippen LogP contribution in [0.3, 0.4) is 0 Å². The molecule has 6 nitrogen and oxygen atoms in total. The largest absolute Gasteiger partial charge is 0.300 e. The van der Waals surface area contributed by atoms with Gasteiger partial charge in [-0.2, -0.15) is 5.10 Å². The number of thiazole rings is 1. The number of para-hydroxylation sites is 1. The Labute approximate surface area is 142 Å². The van der Waals surface area contributed by atoms with Gasteiger partial charge in [-0.25, -0.2) is 9.67 Å². The van der Waals surface area contributed by atoms with Crippen molar-refractivity contribution in [3.63, 3.8) is 0 Å². The number of nitrogens with zero attached hydrogens (tertiary/aromatic N) is 3. The summed E-state index contributed by atoms with van der Waals surface area (Å²) in [5.74, 6) is -0.290. The van der Waals surface area contributed by atoms with Gasteiger partial charge in [0.15, 0.2) is 5.13 Å². The van der Waals surface area contributed by atoms with Crippen molar-refractivity contribution in [1.29, 1.82) is 0 Å². The quantitative estimate of drug-likeness (QED) is 0.795. The van der Waals surface area contributed by atoms with E-state index in [0.29, 0.717) is 5.13 Å². The summed E-state index contributed by atoms with van der Waals surface area (Å²) in [5.41, 5.74) is 2.55. The first kappa shape index (κ1) is 15.0. The number of aryl methyl sites for hydroxylation is 2. The molecule has 1 amide bonds. The Bertz CT molecular complexity index is 959. The zero-order valence-corrected chi connectivity index (χ0v) is 14.0. The van der Waals surface area contributed by atoms with Crippen LogP contribution in [-0.4, -0.2) is 20.7 Å². The van der Waals surface area contributed by atoms with Gasteiger partial charge in [0.2, 0.25) is 0 Å². The van der Waals surface area contributed by atoms with Crippen molar-refractivity contribution < 1.29 is 4.79 Å². The van der Waals surface area contributed by atoms with Gasteiger partial charge >= 0.3 is 0 Å². The standard InChI is InChI=1S/C17H16N4O2S/c1-10(21-15(22)9-11-5-4-7-12(11)20-21)16(23)19-17-18-13-6-2-3-8-14(13)24-17/h2-3,6,8-10H,4-5,7H2,1H3,(H,18,19,23). The number of aromatic nitrogens is 3. The fraction of sp³-hybridized carbons (Fsp3) is 0.294. The zero-order chi connectivity index (χ0) is 16.7. The van der Waals surface area contributed by atoms with Gasteiger partial charge in [0.05, 0.1) is 15.9 Å². The maximum absolute atomic E-state index is 12.5. The van der Waals surface area contributed by atoms with Crippen LogP contribution in [0.4, 0.5) is 5.13 Å². The number of amides is 1. The molecule has 1 atom stereocenters. The number of anilines is 1. The van der Waals surface area contributed by atoms with Crippen molar-refractivity contribution in [2.24, 2.45) is 0 Å². The number of fused-ring (bicyclic) bond motifs is 2. The number of hydrogen-bond acceptors (Lipinski definition) is 5. The van der Waals surface area contributed by atoms with Crippen LogP contribution in [-0.2, 0) is 17.6 Å². The van der Waals surface area contributed by atoms with Crippen molar-refractivity contribution in [2.75, 3.05) is 5.32 Å². The SMILES string of the molecule is CC(C(=O)Nc1nc2ccccc2s1)n1nc2c(cc1=O)CCC2. The lowest BCUT2D eigenvalue weighted by atomic mass is 10.2. The molecule has 0 spiro atoms. The average molecular weight is 340 g/mol. The van der Waals surface area contributed by atoms with Gasteiger partial charge < -0.3 is 5.32 Å². The zero-order valence-electron chi connectivity index (χ0n) is 13.2. The Balaban J connectivity index is 1.59. The number of carbonyl (C=O) groups is 1. The first-order valence-corrected chi connectivity index (χ1v) is 8.71. The van der Waals surface area contributed by atoms with Crippen LogP contribution in [0.2, 0.25) is 0 Å². The number of carbonyl (C=O) groups excluding carboxylic acids is 1. The maximum atomic E-state index is 12.5. The summed E-state index contributed by atoms with van der Waals surface area (Å²) in [5, 5.41) is 7.71. The van der Waals surface area contributed by atoms with Crippen LogP contribution in [0.5, 0.6) is 0 Å². The second kappa shape index (κ2) is 5.83. The van der Waals surface area contributed by atoms with Gasteiger partial charge in [-0.3, -0.25) is 9.59 Å². The van der Waals surface area contributed by atoms with Gasteiger partial charge in [-0.15, -0.1) is 0 Å². The molecule has 3 aromatic rings. The molecule has 0 fully saturated rings. The summed E-state index contributed by atoms with van der Waals surface area (Å²) in [7, 11) is 0. The summed E-state index contributed by atoms with van der Waals surface area (Å²) in [6, 6.07) is 8.62. The Morgan fingerprint density at radius 3 is 3.00 bits per heavy atom. The maximum Gasteiger partial charge on any atom is 0.267 e. The average Bonchev–Trinajstić information content (AvgIpc) is 3.18. The van der Waals surface area contributed by atoms with E-state index in [2.05, 4.69) is 15.4 Å². The molecule has 0 bridgehead atoms. The molecule has 7 heteroatoms. The highest BCUT2D eigenvalue weighted by Crippen LogP contribution is 2.26. The van der Waals surface area contributed by atoms with E-state index < -0.39 is 6.04 Å². The summed E-state index contributed by atoms with van der Waals surface area (Å²) >= 11 is 1.41. The van der Waals surface area contributed by atoms with Crippen LogP contribution in [0.1, 0.15) is 30.6 Å². The van der Waals surface area contributed by atoms with Crippen LogP contribution in [0.15, 0.2) is 35.1 Å². The third-order valence-corrected chi connectivity index (χ3v) is 5.20. The van der Waals surface area contributed by atoms with Crippen molar-refractivity contribution in [1.82, 2.24) is 14.8 Å². The molecule has 1 aliphatic carbocycles. The first-order valence-electron chi connectivity index (χ1n) is 7.90. The summed E-state index contributed by atoms with van der Waals surface area (Å²) in [6.07, 6.45) is 2.77. The molecule has 1 N–H and O–H groups in total. The molecule has 2 heterocycles. The fourth-order valence-electron chi connectivity index (χ4n) is 2.94. The van der Waals surface area contributed by atoms with E-state index in [9.17, 15) is 9.59 Å². The molecular formula is C17H16N4O2S. The third kappa shape index (κ3) is 2.60. The summed E-state index contributed by atoms with van der Waals surface area (Å²) in [4.78, 5) is 29.1. The van der Waals surface area contributed by atoms with Crippen molar-refractivity contribution in [3.05, 3.63) is 51.9 Å². The van der Waals surface area contributed by atoms with Gasteiger partial charge in [-0.1, -0.05) is 23.5 Å². The fourth-order valence-corrected chi connectivity index (χ4v) is 3.81. The van der Waals surface area contributed by atoms with E-state index >= 15 is 0 Å². The summed E-state index contributed by atoms with van der Waals surface area (Å²) < 4.78 is 2.28.